The van der Waals surface area contributed by atoms with Gasteiger partial charge in [-0.1, -0.05) is 0 Å². The molecule has 3 amide bonds. The van der Waals surface area contributed by atoms with Gasteiger partial charge in [0.2, 0.25) is 0 Å². The first-order chi connectivity index (χ1) is 17.6. The number of nitrogens with zero attached hydrogens (tertiary/aromatic N) is 2. The number of carbonyl (C=O) groups is 2. The number of ether oxygens (including phenoxy) is 2. The van der Waals surface area contributed by atoms with E-state index in [0.29, 0.717) is 16.8 Å². The monoisotopic (exact) mass is 514 g/mol. The van der Waals surface area contributed by atoms with Crippen LogP contribution in [0.1, 0.15) is 21.5 Å². The van der Waals surface area contributed by atoms with Crippen molar-refractivity contribution >= 4 is 23.3 Å². The maximum atomic E-state index is 13.9. The number of urea groups is 1. The van der Waals surface area contributed by atoms with Crippen LogP contribution in [0.3, 0.4) is 0 Å². The third-order valence-electron chi connectivity index (χ3n) is 5.89. The normalized spacial score (nSPS) is 17.9. The third-order valence-corrected chi connectivity index (χ3v) is 5.89. The molecular formula is C25H18F4N4O4. The highest BCUT2D eigenvalue weighted by atomic mass is 19.3. The van der Waals surface area contributed by atoms with Gasteiger partial charge in [-0.25, -0.2) is 19.0 Å². The lowest BCUT2D eigenvalue weighted by molar-refractivity contribution is -0.286. The summed E-state index contributed by atoms with van der Waals surface area (Å²) in [5.74, 6) is -1.81. The van der Waals surface area contributed by atoms with E-state index in [1.807, 2.05) is 0 Å². The number of anilines is 1. The fraction of sp³-hybridized carbons (Fsp3) is 0.160. The number of hydrogen-bond donors (Lipinski definition) is 2. The van der Waals surface area contributed by atoms with Crippen LogP contribution in [0.5, 0.6) is 11.5 Å². The summed E-state index contributed by atoms with van der Waals surface area (Å²) in [6.07, 6.45) is -3.56. The van der Waals surface area contributed by atoms with Crippen LogP contribution in [-0.2, 0) is 6.42 Å². The van der Waals surface area contributed by atoms with Crippen LogP contribution in [0.4, 0.5) is 28.0 Å². The number of carbonyl (C=O) groups excluding carboxylic acids is 2. The van der Waals surface area contributed by atoms with Crippen molar-refractivity contribution in [2.45, 2.75) is 18.8 Å². The summed E-state index contributed by atoms with van der Waals surface area (Å²) in [5.41, 5.74) is 4.11. The average Bonchev–Trinajstić information content (AvgIpc) is 3.36. The minimum absolute atomic E-state index is 0.131. The molecule has 1 heterocycles. The number of hydrogen-bond acceptors (Lipinski definition) is 5. The first-order valence-electron chi connectivity index (χ1n) is 11.0. The second kappa shape index (κ2) is 9.12. The van der Waals surface area contributed by atoms with Gasteiger partial charge in [0.15, 0.2) is 11.5 Å². The molecule has 0 spiro atoms. The molecule has 12 heteroatoms. The van der Waals surface area contributed by atoms with Crippen molar-refractivity contribution in [2.75, 3.05) is 12.4 Å². The molecule has 190 valence electrons. The summed E-state index contributed by atoms with van der Waals surface area (Å²) in [7, 11) is 1.52. The lowest BCUT2D eigenvalue weighted by atomic mass is 10.1. The molecule has 1 aliphatic carbocycles. The van der Waals surface area contributed by atoms with Crippen molar-refractivity contribution in [3.63, 3.8) is 0 Å². The molecule has 2 N–H and O–H groups in total. The fourth-order valence-corrected chi connectivity index (χ4v) is 4.16. The molecule has 1 unspecified atom stereocenters. The fourth-order valence-electron chi connectivity index (χ4n) is 4.16. The van der Waals surface area contributed by atoms with Crippen LogP contribution in [0.25, 0.3) is 0 Å². The molecule has 0 saturated heterocycles. The van der Waals surface area contributed by atoms with E-state index in [1.54, 1.807) is 0 Å². The maximum absolute atomic E-state index is 13.9. The Morgan fingerprint density at radius 2 is 1.68 bits per heavy atom. The van der Waals surface area contributed by atoms with Crippen molar-refractivity contribution in [3.8, 4) is 11.5 Å². The summed E-state index contributed by atoms with van der Waals surface area (Å²) in [6, 6.07) is 11.3. The Labute approximate surface area is 207 Å². The molecule has 3 aromatic carbocycles. The SMILES string of the molecule is CN(C(=O)c1ccc(F)cc1)C1Cc2cc(F)ccc2/C1=N\NC(=O)Nc1ccc2c(c1)OC(F)(F)O2. The molecule has 0 radical (unpaired) electrons. The summed E-state index contributed by atoms with van der Waals surface area (Å²) in [6.45, 7) is 0. The van der Waals surface area contributed by atoms with Crippen molar-refractivity contribution in [1.82, 2.24) is 10.3 Å². The molecule has 3 aromatic rings. The first-order valence-corrected chi connectivity index (χ1v) is 11.0. The van der Waals surface area contributed by atoms with Gasteiger partial charge in [-0.2, -0.15) is 5.10 Å². The molecule has 37 heavy (non-hydrogen) atoms. The number of halogens is 4. The van der Waals surface area contributed by atoms with E-state index in [1.165, 1.54) is 54.4 Å². The summed E-state index contributed by atoms with van der Waals surface area (Å²) >= 11 is 0. The predicted molar refractivity (Wildman–Crippen MR) is 124 cm³/mol. The number of fused-ring (bicyclic) bond motifs is 2. The van der Waals surface area contributed by atoms with Crippen LogP contribution in [0, 0.1) is 11.6 Å². The molecule has 0 saturated carbocycles. The molecule has 0 aromatic heterocycles. The number of rotatable bonds is 4. The Hall–Kier alpha value is -4.61. The number of hydrazone groups is 1. The maximum Gasteiger partial charge on any atom is 0.586 e. The zero-order valence-electron chi connectivity index (χ0n) is 19.1. The average molecular weight is 514 g/mol. The van der Waals surface area contributed by atoms with Gasteiger partial charge >= 0.3 is 12.3 Å². The van der Waals surface area contributed by atoms with Gasteiger partial charge in [-0.05, 0) is 66.6 Å². The van der Waals surface area contributed by atoms with E-state index < -0.39 is 35.9 Å². The minimum Gasteiger partial charge on any atom is -0.395 e. The van der Waals surface area contributed by atoms with Gasteiger partial charge < -0.3 is 19.7 Å². The summed E-state index contributed by atoms with van der Waals surface area (Å²) in [5, 5.41) is 6.62. The lowest BCUT2D eigenvalue weighted by Crippen LogP contribution is -2.42. The molecule has 1 atom stereocenters. The van der Waals surface area contributed by atoms with Crippen LogP contribution in [-0.4, -0.2) is 41.9 Å². The van der Waals surface area contributed by atoms with Crippen molar-refractivity contribution in [3.05, 3.63) is 89.0 Å². The Kier molecular flexibility index (Phi) is 5.94. The highest BCUT2D eigenvalue weighted by Gasteiger charge is 2.43. The summed E-state index contributed by atoms with van der Waals surface area (Å²) in [4.78, 5) is 26.9. The zero-order valence-corrected chi connectivity index (χ0v) is 19.1. The topological polar surface area (TPSA) is 92.3 Å². The molecule has 0 fully saturated rings. The summed E-state index contributed by atoms with van der Waals surface area (Å²) < 4.78 is 62.3. The number of amides is 3. The molecule has 0 bridgehead atoms. The second-order valence-electron chi connectivity index (χ2n) is 8.34. The van der Waals surface area contributed by atoms with E-state index in [4.69, 9.17) is 0 Å². The highest BCUT2D eigenvalue weighted by molar-refractivity contribution is 6.11. The van der Waals surface area contributed by atoms with Crippen LogP contribution in [0.2, 0.25) is 0 Å². The van der Waals surface area contributed by atoms with Crippen molar-refractivity contribution in [1.29, 1.82) is 0 Å². The van der Waals surface area contributed by atoms with Crippen molar-refractivity contribution < 1.29 is 36.6 Å². The standard InChI is InChI=1S/C25H18F4N4O4/c1-33(23(34)13-2-4-15(26)5-3-13)19-11-14-10-16(27)6-8-18(14)22(19)31-32-24(35)30-17-7-9-20-21(12-17)37-25(28,29)36-20/h2-10,12,19H,11H2,1H3,(H2,30,32,35)/b31-22+. The van der Waals surface area contributed by atoms with E-state index >= 15 is 0 Å². The Bertz CT molecular complexity index is 1430. The van der Waals surface area contributed by atoms with E-state index in [9.17, 15) is 27.2 Å². The van der Waals surface area contributed by atoms with E-state index in [-0.39, 0.29) is 29.2 Å². The Morgan fingerprint density at radius 3 is 2.43 bits per heavy atom. The number of likely N-dealkylation sites (N-methyl/N-ethyl adjacent to an activating group) is 1. The van der Waals surface area contributed by atoms with Crippen LogP contribution >= 0.6 is 0 Å². The molecule has 1 aliphatic heterocycles. The van der Waals surface area contributed by atoms with E-state index in [0.717, 1.165) is 18.2 Å². The predicted octanol–water partition coefficient (Wildman–Crippen LogP) is 4.51. The molecular weight excluding hydrogens is 496 g/mol. The van der Waals surface area contributed by atoms with Gasteiger partial charge in [0.25, 0.3) is 5.91 Å². The minimum atomic E-state index is -3.79. The first kappa shape index (κ1) is 24.1. The zero-order chi connectivity index (χ0) is 26.3. The second-order valence-corrected chi connectivity index (χ2v) is 8.34. The Morgan fingerprint density at radius 1 is 0.973 bits per heavy atom. The van der Waals surface area contributed by atoms with Gasteiger partial charge in [0, 0.05) is 29.9 Å². The third kappa shape index (κ3) is 4.90. The lowest BCUT2D eigenvalue weighted by Gasteiger charge is -2.25. The van der Waals surface area contributed by atoms with Crippen LogP contribution < -0.4 is 20.2 Å². The molecule has 8 nitrogen and oxygen atoms in total. The van der Waals surface area contributed by atoms with Gasteiger partial charge in [-0.3, -0.25) is 4.79 Å². The smallest absolute Gasteiger partial charge is 0.395 e. The van der Waals surface area contributed by atoms with Gasteiger partial charge in [0.05, 0.1) is 11.8 Å². The molecule has 2 aliphatic rings. The highest BCUT2D eigenvalue weighted by Crippen LogP contribution is 2.42. The van der Waals surface area contributed by atoms with Crippen LogP contribution in [0.15, 0.2) is 65.8 Å². The number of benzene rings is 3. The van der Waals surface area contributed by atoms with Gasteiger partial charge in [-0.15, -0.1) is 8.78 Å². The van der Waals surface area contributed by atoms with Gasteiger partial charge in [0.1, 0.15) is 11.6 Å². The largest absolute Gasteiger partial charge is 0.586 e. The Balaban J connectivity index is 1.35. The number of nitrogens with one attached hydrogen (secondary N) is 2. The number of alkyl halides is 2. The molecule has 5 rings (SSSR count). The van der Waals surface area contributed by atoms with E-state index in [2.05, 4.69) is 25.3 Å². The van der Waals surface area contributed by atoms with Crippen molar-refractivity contribution in [2.24, 2.45) is 5.10 Å². The quantitative estimate of drug-likeness (QED) is 0.396.